The number of rotatable bonds is 5. The highest BCUT2D eigenvalue weighted by atomic mass is 16.3. The summed E-state index contributed by atoms with van der Waals surface area (Å²) in [5.41, 5.74) is 4.31. The van der Waals surface area contributed by atoms with Gasteiger partial charge in [0.15, 0.2) is 0 Å². The van der Waals surface area contributed by atoms with Gasteiger partial charge in [-0.25, -0.2) is 4.98 Å². The normalized spacial score (nSPS) is 12.2. The number of carbonyl (C=O) groups is 1. The van der Waals surface area contributed by atoms with Gasteiger partial charge in [0.2, 0.25) is 5.91 Å². The number of amides is 1. The lowest BCUT2D eigenvalue weighted by Gasteiger charge is -2.13. The highest BCUT2D eigenvalue weighted by Crippen LogP contribution is 2.29. The molecule has 0 aliphatic carbocycles. The van der Waals surface area contributed by atoms with Crippen LogP contribution >= 0.6 is 0 Å². The van der Waals surface area contributed by atoms with Crippen LogP contribution in [0.4, 0.5) is 5.82 Å². The standard InChI is InChI=1S/C21H24N4O2/c1-5-6-20(27)19-7-12(2)17(11-22-19)18-8-15-10-23-21(25-14(4)26)9-16(15)13(3)24-18/h7-11,20,27H,5-6H2,1-4H3,(H,23,25,26). The number of hydrogen-bond acceptors (Lipinski definition) is 5. The number of aliphatic hydroxyl groups is 1. The lowest BCUT2D eigenvalue weighted by Crippen LogP contribution is -2.07. The molecule has 3 aromatic heterocycles. The van der Waals surface area contributed by atoms with E-state index in [1.165, 1.54) is 6.92 Å². The third-order valence-electron chi connectivity index (χ3n) is 4.52. The molecule has 0 spiro atoms. The minimum Gasteiger partial charge on any atom is -0.387 e. The number of hydrogen-bond donors (Lipinski definition) is 2. The first-order valence-electron chi connectivity index (χ1n) is 9.09. The van der Waals surface area contributed by atoms with Crippen LogP contribution in [0.1, 0.15) is 49.7 Å². The number of nitrogens with zero attached hydrogens (tertiary/aromatic N) is 3. The summed E-state index contributed by atoms with van der Waals surface area (Å²) in [6.45, 7) is 7.43. The van der Waals surface area contributed by atoms with Crippen molar-refractivity contribution in [2.75, 3.05) is 5.32 Å². The Bertz CT molecular complexity index is 1000. The summed E-state index contributed by atoms with van der Waals surface area (Å²) in [7, 11) is 0. The lowest BCUT2D eigenvalue weighted by atomic mass is 10.0. The van der Waals surface area contributed by atoms with E-state index in [0.717, 1.165) is 39.7 Å². The maximum Gasteiger partial charge on any atom is 0.222 e. The van der Waals surface area contributed by atoms with Crippen LogP contribution < -0.4 is 5.32 Å². The van der Waals surface area contributed by atoms with Crippen molar-refractivity contribution in [2.24, 2.45) is 0 Å². The summed E-state index contributed by atoms with van der Waals surface area (Å²) >= 11 is 0. The van der Waals surface area contributed by atoms with Crippen molar-refractivity contribution < 1.29 is 9.90 Å². The van der Waals surface area contributed by atoms with E-state index in [2.05, 4.69) is 15.3 Å². The number of aromatic nitrogens is 3. The van der Waals surface area contributed by atoms with E-state index in [-0.39, 0.29) is 5.91 Å². The molecular weight excluding hydrogens is 340 g/mol. The number of fused-ring (bicyclic) bond motifs is 1. The molecule has 140 valence electrons. The number of carbonyl (C=O) groups excluding carboxylic acids is 1. The molecule has 1 unspecified atom stereocenters. The van der Waals surface area contributed by atoms with Gasteiger partial charge in [0.25, 0.3) is 0 Å². The van der Waals surface area contributed by atoms with E-state index in [1.54, 1.807) is 12.4 Å². The van der Waals surface area contributed by atoms with Gasteiger partial charge >= 0.3 is 0 Å². The minimum atomic E-state index is -0.537. The number of aliphatic hydroxyl groups excluding tert-OH is 1. The second-order valence-corrected chi connectivity index (χ2v) is 6.79. The first-order valence-corrected chi connectivity index (χ1v) is 9.09. The predicted octanol–water partition coefficient (Wildman–Crippen LogP) is 4.10. The molecule has 6 heteroatoms. The monoisotopic (exact) mass is 364 g/mol. The smallest absolute Gasteiger partial charge is 0.222 e. The molecule has 27 heavy (non-hydrogen) atoms. The van der Waals surface area contributed by atoms with Gasteiger partial charge in [0.05, 0.1) is 17.5 Å². The molecule has 3 heterocycles. The van der Waals surface area contributed by atoms with E-state index in [4.69, 9.17) is 4.98 Å². The Morgan fingerprint density at radius 2 is 1.96 bits per heavy atom. The molecule has 1 amide bonds. The van der Waals surface area contributed by atoms with Gasteiger partial charge < -0.3 is 10.4 Å². The Kier molecular flexibility index (Phi) is 5.46. The Morgan fingerprint density at radius 1 is 1.19 bits per heavy atom. The van der Waals surface area contributed by atoms with Crippen molar-refractivity contribution in [1.82, 2.24) is 15.0 Å². The van der Waals surface area contributed by atoms with Crippen LogP contribution in [0, 0.1) is 13.8 Å². The quantitative estimate of drug-likeness (QED) is 0.711. The van der Waals surface area contributed by atoms with Crippen LogP contribution in [0.15, 0.2) is 30.6 Å². The highest BCUT2D eigenvalue weighted by molar-refractivity contribution is 5.93. The van der Waals surface area contributed by atoms with E-state index < -0.39 is 6.10 Å². The average molecular weight is 364 g/mol. The van der Waals surface area contributed by atoms with Gasteiger partial charge in [-0.1, -0.05) is 13.3 Å². The Balaban J connectivity index is 2.01. The zero-order valence-electron chi connectivity index (χ0n) is 16.1. The zero-order valence-corrected chi connectivity index (χ0v) is 16.1. The zero-order chi connectivity index (χ0) is 19.6. The molecule has 0 aliphatic heterocycles. The van der Waals surface area contributed by atoms with Crippen molar-refractivity contribution >= 4 is 22.5 Å². The molecule has 0 radical (unpaired) electrons. The number of pyridine rings is 3. The third-order valence-corrected chi connectivity index (χ3v) is 4.52. The number of anilines is 1. The fourth-order valence-corrected chi connectivity index (χ4v) is 3.15. The molecule has 6 nitrogen and oxygen atoms in total. The van der Waals surface area contributed by atoms with Crippen LogP contribution in [-0.2, 0) is 4.79 Å². The summed E-state index contributed by atoms with van der Waals surface area (Å²) < 4.78 is 0. The molecular formula is C21H24N4O2. The molecule has 0 aliphatic rings. The maximum absolute atomic E-state index is 11.2. The molecule has 1 atom stereocenters. The Labute approximate surface area is 158 Å². The van der Waals surface area contributed by atoms with Gasteiger partial charge in [0, 0.05) is 41.3 Å². The molecule has 0 fully saturated rings. The van der Waals surface area contributed by atoms with E-state index >= 15 is 0 Å². The summed E-state index contributed by atoms with van der Waals surface area (Å²) in [5.74, 6) is 0.357. The van der Waals surface area contributed by atoms with Crippen molar-refractivity contribution in [3.8, 4) is 11.3 Å². The van der Waals surface area contributed by atoms with Crippen LogP contribution in [-0.4, -0.2) is 26.0 Å². The van der Waals surface area contributed by atoms with Crippen LogP contribution in [0.3, 0.4) is 0 Å². The molecule has 3 rings (SSSR count). The largest absolute Gasteiger partial charge is 0.387 e. The molecule has 2 N–H and O–H groups in total. The SMILES string of the molecule is CCCC(O)c1cc(C)c(-c2cc3cnc(NC(C)=O)cc3c(C)n2)cn1. The first kappa shape index (κ1) is 18.9. The van der Waals surface area contributed by atoms with E-state index in [0.29, 0.717) is 17.9 Å². The fraction of sp³-hybridized carbons (Fsp3) is 0.333. The van der Waals surface area contributed by atoms with Crippen LogP contribution in [0.5, 0.6) is 0 Å². The van der Waals surface area contributed by atoms with Crippen molar-refractivity contribution in [1.29, 1.82) is 0 Å². The van der Waals surface area contributed by atoms with Gasteiger partial charge in [-0.15, -0.1) is 0 Å². The van der Waals surface area contributed by atoms with E-state index in [1.807, 2.05) is 39.0 Å². The second kappa shape index (κ2) is 7.80. The first-order chi connectivity index (χ1) is 12.9. The second-order valence-electron chi connectivity index (χ2n) is 6.79. The lowest BCUT2D eigenvalue weighted by molar-refractivity contribution is -0.114. The number of nitrogens with one attached hydrogen (secondary N) is 1. The molecule has 3 aromatic rings. The predicted molar refractivity (Wildman–Crippen MR) is 106 cm³/mol. The number of aryl methyl sites for hydroxylation is 2. The van der Waals surface area contributed by atoms with E-state index in [9.17, 15) is 9.90 Å². The summed E-state index contributed by atoms with van der Waals surface area (Å²) in [6, 6.07) is 5.73. The summed E-state index contributed by atoms with van der Waals surface area (Å²) in [6.07, 6.45) is 4.58. The van der Waals surface area contributed by atoms with Gasteiger partial charge in [-0.2, -0.15) is 0 Å². The van der Waals surface area contributed by atoms with Gasteiger partial charge in [-0.05, 0) is 44.0 Å². The van der Waals surface area contributed by atoms with Crippen LogP contribution in [0.25, 0.3) is 22.0 Å². The highest BCUT2D eigenvalue weighted by Gasteiger charge is 2.13. The van der Waals surface area contributed by atoms with Crippen molar-refractivity contribution in [3.63, 3.8) is 0 Å². The molecule has 0 aromatic carbocycles. The average Bonchev–Trinajstić information content (AvgIpc) is 2.61. The minimum absolute atomic E-state index is 0.156. The summed E-state index contributed by atoms with van der Waals surface area (Å²) in [4.78, 5) is 24.7. The van der Waals surface area contributed by atoms with Gasteiger partial charge in [0.1, 0.15) is 5.82 Å². The van der Waals surface area contributed by atoms with Crippen molar-refractivity contribution in [3.05, 3.63) is 47.5 Å². The molecule has 0 saturated heterocycles. The molecule has 0 saturated carbocycles. The Hall–Kier alpha value is -2.86. The maximum atomic E-state index is 11.2. The van der Waals surface area contributed by atoms with Gasteiger partial charge in [-0.3, -0.25) is 14.8 Å². The third kappa shape index (κ3) is 4.11. The van der Waals surface area contributed by atoms with Crippen molar-refractivity contribution in [2.45, 2.75) is 46.6 Å². The topological polar surface area (TPSA) is 88.0 Å². The van der Waals surface area contributed by atoms with Crippen LogP contribution in [0.2, 0.25) is 0 Å². The molecule has 0 bridgehead atoms. The Morgan fingerprint density at radius 3 is 2.63 bits per heavy atom. The summed E-state index contributed by atoms with van der Waals surface area (Å²) in [5, 5.41) is 14.7. The fourth-order valence-electron chi connectivity index (χ4n) is 3.15.